The summed E-state index contributed by atoms with van der Waals surface area (Å²) in [4.78, 5) is 29.2. The maximum Gasteiger partial charge on any atom is 0.276 e. The maximum atomic E-state index is 14.4. The molecular weight excluding hydrogens is 488 g/mol. The van der Waals surface area contributed by atoms with Gasteiger partial charge in [0, 0.05) is 44.2 Å². The molecule has 3 aromatic rings. The van der Waals surface area contributed by atoms with Crippen molar-refractivity contribution in [3.05, 3.63) is 40.3 Å². The molecule has 4 heterocycles. The lowest BCUT2D eigenvalue weighted by molar-refractivity contribution is -0.105. The van der Waals surface area contributed by atoms with Gasteiger partial charge in [0.15, 0.2) is 0 Å². The largest absolute Gasteiger partial charge is 0.397 e. The third kappa shape index (κ3) is 4.60. The lowest BCUT2D eigenvalue weighted by atomic mass is 9.91. The van der Waals surface area contributed by atoms with E-state index in [1.807, 2.05) is 17.0 Å². The number of nitrogens with one attached hydrogen (secondary N) is 1. The third-order valence-electron chi connectivity index (χ3n) is 6.97. The van der Waals surface area contributed by atoms with Crippen LogP contribution in [0.15, 0.2) is 18.3 Å². The standard InChI is InChI=1S/C24H29F2N7O2S/c1-12-29-8-15-20(28)21(36-23(15)30-12)22(34)31-14-4-5-18-13(7-14)3-6-19(32-18)33-9-16(17(27)10-33)24(25,26)11-35-2/h3,6,8,14,16-17H,4-5,7,9-11,27-28H2,1-2H3,(H,31,34). The molecule has 12 heteroatoms. The quantitative estimate of drug-likeness (QED) is 0.454. The number of aryl methyl sites for hydroxylation is 2. The van der Waals surface area contributed by atoms with Crippen LogP contribution in [0.4, 0.5) is 20.3 Å². The van der Waals surface area contributed by atoms with Crippen LogP contribution >= 0.6 is 11.3 Å². The van der Waals surface area contributed by atoms with Gasteiger partial charge >= 0.3 is 0 Å². The predicted octanol–water partition coefficient (Wildman–Crippen LogP) is 2.31. The fourth-order valence-electron chi connectivity index (χ4n) is 5.07. The summed E-state index contributed by atoms with van der Waals surface area (Å²) in [5.74, 6) is -2.93. The molecule has 3 atom stereocenters. The molecule has 36 heavy (non-hydrogen) atoms. The van der Waals surface area contributed by atoms with Gasteiger partial charge in [-0.25, -0.2) is 23.7 Å². The number of nitrogens with zero attached hydrogens (tertiary/aromatic N) is 4. The van der Waals surface area contributed by atoms with Crippen LogP contribution in [-0.2, 0) is 17.6 Å². The van der Waals surface area contributed by atoms with Crippen molar-refractivity contribution >= 4 is 39.0 Å². The van der Waals surface area contributed by atoms with Crippen molar-refractivity contribution in [3.8, 4) is 0 Å². The minimum Gasteiger partial charge on any atom is -0.397 e. The predicted molar refractivity (Wildman–Crippen MR) is 135 cm³/mol. The van der Waals surface area contributed by atoms with E-state index in [1.54, 1.807) is 13.1 Å². The molecule has 0 radical (unpaired) electrons. The Bertz CT molecular complexity index is 1300. The smallest absolute Gasteiger partial charge is 0.276 e. The Labute approximate surface area is 211 Å². The lowest BCUT2D eigenvalue weighted by Crippen LogP contribution is -2.43. The highest BCUT2D eigenvalue weighted by molar-refractivity contribution is 7.21. The number of hydrogen-bond acceptors (Lipinski definition) is 9. The molecule has 0 spiro atoms. The van der Waals surface area contributed by atoms with Crippen LogP contribution < -0.4 is 21.7 Å². The molecule has 1 saturated heterocycles. The van der Waals surface area contributed by atoms with E-state index in [9.17, 15) is 13.6 Å². The number of amides is 1. The summed E-state index contributed by atoms with van der Waals surface area (Å²) in [6.45, 7) is 1.59. The monoisotopic (exact) mass is 517 g/mol. The zero-order valence-corrected chi connectivity index (χ0v) is 20.9. The highest BCUT2D eigenvalue weighted by atomic mass is 32.1. The molecule has 1 amide bonds. The highest BCUT2D eigenvalue weighted by Crippen LogP contribution is 2.35. The summed E-state index contributed by atoms with van der Waals surface area (Å²) >= 11 is 1.26. The first-order valence-corrected chi connectivity index (χ1v) is 12.7. The van der Waals surface area contributed by atoms with Gasteiger partial charge in [0.25, 0.3) is 11.8 Å². The molecule has 5 rings (SSSR count). The Hall–Kier alpha value is -2.96. The average molecular weight is 518 g/mol. The molecule has 192 valence electrons. The van der Waals surface area contributed by atoms with E-state index in [2.05, 4.69) is 15.3 Å². The first-order valence-electron chi connectivity index (χ1n) is 11.8. The van der Waals surface area contributed by atoms with Crippen molar-refractivity contribution in [1.82, 2.24) is 20.3 Å². The van der Waals surface area contributed by atoms with Gasteiger partial charge in [-0.1, -0.05) is 6.07 Å². The summed E-state index contributed by atoms with van der Waals surface area (Å²) < 4.78 is 33.5. The zero-order valence-electron chi connectivity index (χ0n) is 20.1. The number of ether oxygens (including phenoxy) is 1. The summed E-state index contributed by atoms with van der Waals surface area (Å²) in [6.07, 6.45) is 3.66. The molecule has 0 bridgehead atoms. The number of methoxy groups -OCH3 is 1. The number of fused-ring (bicyclic) bond motifs is 2. The molecule has 0 aromatic carbocycles. The van der Waals surface area contributed by atoms with E-state index in [-0.39, 0.29) is 18.5 Å². The highest BCUT2D eigenvalue weighted by Gasteiger charge is 2.48. The second-order valence-corrected chi connectivity index (χ2v) is 10.5. The summed E-state index contributed by atoms with van der Waals surface area (Å²) in [7, 11) is 1.26. The van der Waals surface area contributed by atoms with Crippen molar-refractivity contribution < 1.29 is 18.3 Å². The normalized spacial score (nSPS) is 22.1. The fraction of sp³-hybridized carbons (Fsp3) is 0.500. The number of carbonyl (C=O) groups excluding carboxylic acids is 1. The first kappa shape index (κ1) is 24.7. The van der Waals surface area contributed by atoms with Gasteiger partial charge in [0.1, 0.15) is 28.0 Å². The van der Waals surface area contributed by atoms with Crippen LogP contribution in [0.3, 0.4) is 0 Å². The van der Waals surface area contributed by atoms with Gasteiger partial charge in [-0.15, -0.1) is 11.3 Å². The van der Waals surface area contributed by atoms with Crippen molar-refractivity contribution in [2.75, 3.05) is 37.4 Å². The van der Waals surface area contributed by atoms with Gasteiger partial charge in [-0.05, 0) is 37.8 Å². The molecule has 1 fully saturated rings. The number of halogens is 2. The molecule has 1 aliphatic heterocycles. The number of rotatable bonds is 6. The van der Waals surface area contributed by atoms with Crippen LogP contribution in [-0.4, -0.2) is 65.7 Å². The Morgan fingerprint density at radius 1 is 1.33 bits per heavy atom. The number of aromatic nitrogens is 3. The number of thiophene rings is 1. The number of anilines is 2. The van der Waals surface area contributed by atoms with E-state index in [1.165, 1.54) is 18.4 Å². The maximum absolute atomic E-state index is 14.4. The van der Waals surface area contributed by atoms with Crippen LogP contribution in [0.1, 0.15) is 33.2 Å². The van der Waals surface area contributed by atoms with Crippen LogP contribution in [0.25, 0.3) is 10.2 Å². The van der Waals surface area contributed by atoms with E-state index < -0.39 is 24.5 Å². The molecule has 2 aliphatic rings. The molecule has 0 saturated carbocycles. The summed E-state index contributed by atoms with van der Waals surface area (Å²) in [5, 5.41) is 3.78. The molecular formula is C24H29F2N7O2S. The minimum absolute atomic E-state index is 0.0626. The number of pyridine rings is 1. The lowest BCUT2D eigenvalue weighted by Gasteiger charge is -2.27. The van der Waals surface area contributed by atoms with Gasteiger partial charge in [0.2, 0.25) is 0 Å². The molecule has 9 nitrogen and oxygen atoms in total. The fourth-order valence-corrected chi connectivity index (χ4v) is 6.08. The second-order valence-electron chi connectivity index (χ2n) is 9.54. The number of carbonyl (C=O) groups is 1. The Morgan fingerprint density at radius 3 is 2.92 bits per heavy atom. The number of hydrogen-bond donors (Lipinski definition) is 3. The van der Waals surface area contributed by atoms with Crippen LogP contribution in [0.5, 0.6) is 0 Å². The Balaban J connectivity index is 1.26. The molecule has 5 N–H and O–H groups in total. The van der Waals surface area contributed by atoms with Crippen LogP contribution in [0.2, 0.25) is 0 Å². The van der Waals surface area contributed by atoms with Gasteiger partial charge in [-0.2, -0.15) is 0 Å². The van der Waals surface area contributed by atoms with Crippen molar-refractivity contribution in [3.63, 3.8) is 0 Å². The molecule has 1 aliphatic carbocycles. The van der Waals surface area contributed by atoms with Crippen molar-refractivity contribution in [2.45, 2.75) is 44.2 Å². The molecule has 3 unspecified atom stereocenters. The van der Waals surface area contributed by atoms with E-state index in [0.717, 1.165) is 11.3 Å². The average Bonchev–Trinajstić information content (AvgIpc) is 3.39. The summed E-state index contributed by atoms with van der Waals surface area (Å²) in [6, 6.07) is 3.09. The SMILES string of the molecule is COCC(F)(F)C1CN(c2ccc3c(n2)CCC(NC(=O)c2sc4nc(C)ncc4c2N)C3)CC1N. The minimum atomic E-state index is -2.99. The second kappa shape index (κ2) is 9.49. The third-order valence-corrected chi connectivity index (χ3v) is 8.08. The van der Waals surface area contributed by atoms with Gasteiger partial charge in [-0.3, -0.25) is 4.79 Å². The van der Waals surface area contributed by atoms with Crippen LogP contribution in [0, 0.1) is 12.8 Å². The van der Waals surface area contributed by atoms with Gasteiger partial charge in [0.05, 0.1) is 17.0 Å². The molecule has 3 aromatic heterocycles. The van der Waals surface area contributed by atoms with E-state index in [0.29, 0.717) is 58.2 Å². The van der Waals surface area contributed by atoms with E-state index in [4.69, 9.17) is 21.2 Å². The summed E-state index contributed by atoms with van der Waals surface area (Å²) in [5.41, 5.74) is 14.6. The first-order chi connectivity index (χ1) is 17.2. The van der Waals surface area contributed by atoms with Crippen molar-refractivity contribution in [2.24, 2.45) is 11.7 Å². The Morgan fingerprint density at radius 2 is 2.14 bits per heavy atom. The number of nitrogens with two attached hydrogens (primary N) is 2. The zero-order chi connectivity index (χ0) is 25.6. The van der Waals surface area contributed by atoms with E-state index >= 15 is 0 Å². The number of alkyl halides is 2. The number of nitrogen functional groups attached to an aromatic ring is 1. The Kier molecular flexibility index (Phi) is 6.52. The van der Waals surface area contributed by atoms with Crippen molar-refractivity contribution in [1.29, 1.82) is 0 Å². The van der Waals surface area contributed by atoms with Gasteiger partial charge < -0.3 is 26.4 Å². The topological polar surface area (TPSA) is 132 Å².